The van der Waals surface area contributed by atoms with E-state index >= 15 is 0 Å². The quantitative estimate of drug-likeness (QED) is 0.516. The molecule has 2 heterocycles. The van der Waals surface area contributed by atoms with Crippen LogP contribution in [0.5, 0.6) is 0 Å². The Hall–Kier alpha value is -1.93. The molecule has 2 aromatic heterocycles. The summed E-state index contributed by atoms with van der Waals surface area (Å²) in [5.41, 5.74) is 7.94. The van der Waals surface area contributed by atoms with E-state index in [9.17, 15) is 5.11 Å². The SMILES string of the molecule is NC1CCC(Nc2nc(NCC3CCC(CO)CC3)c3ncn(C4CCCC4)c3n2)CC1. The molecule has 0 amide bonds. The molecule has 8 heteroatoms. The van der Waals surface area contributed by atoms with Crippen molar-refractivity contribution in [2.45, 2.75) is 95.2 Å². The third-order valence-corrected chi connectivity index (χ3v) is 8.03. The molecule has 5 N–H and O–H groups in total. The van der Waals surface area contributed by atoms with Gasteiger partial charge in [-0.15, -0.1) is 0 Å². The first-order chi connectivity index (χ1) is 15.7. The van der Waals surface area contributed by atoms with Gasteiger partial charge in [-0.25, -0.2) is 4.98 Å². The van der Waals surface area contributed by atoms with Crippen molar-refractivity contribution in [2.75, 3.05) is 23.8 Å². The number of nitrogens with two attached hydrogens (primary N) is 1. The molecule has 3 fully saturated rings. The lowest BCUT2D eigenvalue weighted by molar-refractivity contribution is 0.170. The Bertz CT molecular complexity index is 878. The molecule has 0 radical (unpaired) electrons. The minimum Gasteiger partial charge on any atom is -0.396 e. The molecule has 32 heavy (non-hydrogen) atoms. The van der Waals surface area contributed by atoms with Crippen molar-refractivity contribution in [3.8, 4) is 0 Å². The highest BCUT2D eigenvalue weighted by Crippen LogP contribution is 2.34. The zero-order valence-electron chi connectivity index (χ0n) is 19.2. The highest BCUT2D eigenvalue weighted by Gasteiger charge is 2.25. The van der Waals surface area contributed by atoms with Gasteiger partial charge in [-0.1, -0.05) is 12.8 Å². The zero-order chi connectivity index (χ0) is 21.9. The molecule has 2 aromatic rings. The van der Waals surface area contributed by atoms with Gasteiger partial charge in [0.05, 0.1) is 6.33 Å². The van der Waals surface area contributed by atoms with E-state index in [1.165, 1.54) is 25.7 Å². The van der Waals surface area contributed by atoms with Crippen LogP contribution in [0.15, 0.2) is 6.33 Å². The minimum absolute atomic E-state index is 0.326. The second kappa shape index (κ2) is 9.91. The second-order valence-electron chi connectivity index (χ2n) is 10.4. The number of aromatic nitrogens is 4. The molecule has 3 saturated carbocycles. The van der Waals surface area contributed by atoms with E-state index in [-0.39, 0.29) is 0 Å². The zero-order valence-corrected chi connectivity index (χ0v) is 19.2. The highest BCUT2D eigenvalue weighted by atomic mass is 16.3. The summed E-state index contributed by atoms with van der Waals surface area (Å²) in [6, 6.07) is 1.21. The van der Waals surface area contributed by atoms with Crippen molar-refractivity contribution in [1.29, 1.82) is 0 Å². The summed E-state index contributed by atoms with van der Waals surface area (Å²) in [5, 5.41) is 16.7. The molecule has 0 unspecified atom stereocenters. The van der Waals surface area contributed by atoms with Crippen LogP contribution in [0.25, 0.3) is 11.2 Å². The molecule has 0 aromatic carbocycles. The van der Waals surface area contributed by atoms with Crippen molar-refractivity contribution in [1.82, 2.24) is 19.5 Å². The van der Waals surface area contributed by atoms with E-state index in [2.05, 4.69) is 15.2 Å². The van der Waals surface area contributed by atoms with E-state index in [1.807, 2.05) is 6.33 Å². The Morgan fingerprint density at radius 2 is 1.66 bits per heavy atom. The van der Waals surface area contributed by atoms with Gasteiger partial charge in [-0.3, -0.25) is 0 Å². The van der Waals surface area contributed by atoms with E-state index in [0.717, 1.165) is 74.9 Å². The Labute approximate surface area is 190 Å². The van der Waals surface area contributed by atoms with Crippen LogP contribution in [-0.2, 0) is 0 Å². The Morgan fingerprint density at radius 3 is 2.38 bits per heavy atom. The molecule has 3 aliphatic carbocycles. The highest BCUT2D eigenvalue weighted by molar-refractivity contribution is 5.84. The average molecular weight is 442 g/mol. The molecule has 0 spiro atoms. The van der Waals surface area contributed by atoms with Crippen LogP contribution in [0.3, 0.4) is 0 Å². The molecular weight excluding hydrogens is 402 g/mol. The predicted molar refractivity (Wildman–Crippen MR) is 128 cm³/mol. The van der Waals surface area contributed by atoms with Crippen LogP contribution in [-0.4, -0.2) is 49.9 Å². The van der Waals surface area contributed by atoms with Gasteiger partial charge in [-0.2, -0.15) is 9.97 Å². The van der Waals surface area contributed by atoms with Crippen LogP contribution in [0, 0.1) is 11.8 Å². The van der Waals surface area contributed by atoms with Crippen LogP contribution in [0.1, 0.15) is 83.1 Å². The standard InChI is InChI=1S/C24H39N7O/c25-18-9-11-19(12-10-18)28-24-29-22(26-13-16-5-7-17(14-32)8-6-16)21-23(30-24)31(15-27-21)20-3-1-2-4-20/h15-20,32H,1-14,25H2,(H2,26,28,29,30). The molecule has 0 aliphatic heterocycles. The first-order valence-corrected chi connectivity index (χ1v) is 12.8. The number of rotatable bonds is 7. The van der Waals surface area contributed by atoms with Crippen molar-refractivity contribution < 1.29 is 5.11 Å². The molecule has 176 valence electrons. The van der Waals surface area contributed by atoms with Crippen LogP contribution in [0.4, 0.5) is 11.8 Å². The summed E-state index contributed by atoms with van der Waals surface area (Å²) in [6.45, 7) is 1.23. The van der Waals surface area contributed by atoms with Crippen LogP contribution in [0.2, 0.25) is 0 Å². The molecule has 5 rings (SSSR count). The summed E-state index contributed by atoms with van der Waals surface area (Å²) in [7, 11) is 0. The molecule has 0 bridgehead atoms. The van der Waals surface area contributed by atoms with Gasteiger partial charge in [0.1, 0.15) is 0 Å². The Balaban J connectivity index is 1.36. The average Bonchev–Trinajstić information content (AvgIpc) is 3.49. The maximum atomic E-state index is 9.42. The first kappa shape index (κ1) is 21.9. The van der Waals surface area contributed by atoms with Crippen molar-refractivity contribution in [3.63, 3.8) is 0 Å². The number of fused-ring (bicyclic) bond motifs is 1. The lowest BCUT2D eigenvalue weighted by atomic mass is 9.82. The van der Waals surface area contributed by atoms with Crippen LogP contribution < -0.4 is 16.4 Å². The summed E-state index contributed by atoms with van der Waals surface area (Å²) < 4.78 is 2.28. The van der Waals surface area contributed by atoms with E-state index < -0.39 is 0 Å². The number of aliphatic hydroxyl groups is 1. The second-order valence-corrected chi connectivity index (χ2v) is 10.4. The lowest BCUT2D eigenvalue weighted by Crippen LogP contribution is -2.33. The molecule has 8 nitrogen and oxygen atoms in total. The van der Waals surface area contributed by atoms with Gasteiger partial charge in [0, 0.05) is 31.3 Å². The molecule has 0 atom stereocenters. The number of nitrogens with one attached hydrogen (secondary N) is 2. The fourth-order valence-corrected chi connectivity index (χ4v) is 5.86. The number of nitrogens with zero attached hydrogens (tertiary/aromatic N) is 4. The van der Waals surface area contributed by atoms with Crippen molar-refractivity contribution in [2.24, 2.45) is 17.6 Å². The number of anilines is 2. The number of hydrogen-bond acceptors (Lipinski definition) is 7. The Morgan fingerprint density at radius 1 is 0.938 bits per heavy atom. The minimum atomic E-state index is 0.326. The largest absolute Gasteiger partial charge is 0.396 e. The summed E-state index contributed by atoms with van der Waals surface area (Å²) in [6.07, 6.45) is 15.8. The smallest absolute Gasteiger partial charge is 0.227 e. The molecular formula is C24H39N7O. The number of imidazole rings is 1. The Kier molecular flexibility index (Phi) is 6.78. The van der Waals surface area contributed by atoms with Gasteiger partial charge in [0.2, 0.25) is 5.95 Å². The number of aliphatic hydroxyl groups excluding tert-OH is 1. The fourth-order valence-electron chi connectivity index (χ4n) is 5.86. The van der Waals surface area contributed by atoms with Gasteiger partial charge in [0.25, 0.3) is 0 Å². The third kappa shape index (κ3) is 4.86. The summed E-state index contributed by atoms with van der Waals surface area (Å²) in [5.74, 6) is 2.67. The van der Waals surface area contributed by atoms with Gasteiger partial charge in [-0.05, 0) is 76.0 Å². The van der Waals surface area contributed by atoms with E-state index in [0.29, 0.717) is 42.5 Å². The van der Waals surface area contributed by atoms with Crippen LogP contribution >= 0.6 is 0 Å². The third-order valence-electron chi connectivity index (χ3n) is 8.03. The lowest BCUT2D eigenvalue weighted by Gasteiger charge is -2.28. The molecule has 3 aliphatic rings. The summed E-state index contributed by atoms with van der Waals surface area (Å²) >= 11 is 0. The normalized spacial score (nSPS) is 29.4. The van der Waals surface area contributed by atoms with Gasteiger partial charge < -0.3 is 26.0 Å². The maximum Gasteiger partial charge on any atom is 0.227 e. The van der Waals surface area contributed by atoms with Crippen molar-refractivity contribution in [3.05, 3.63) is 6.33 Å². The maximum absolute atomic E-state index is 9.42. The summed E-state index contributed by atoms with van der Waals surface area (Å²) in [4.78, 5) is 14.6. The van der Waals surface area contributed by atoms with Gasteiger partial charge in [0.15, 0.2) is 17.0 Å². The van der Waals surface area contributed by atoms with E-state index in [1.54, 1.807) is 0 Å². The molecule has 0 saturated heterocycles. The fraction of sp³-hybridized carbons (Fsp3) is 0.792. The van der Waals surface area contributed by atoms with E-state index in [4.69, 9.17) is 20.7 Å². The predicted octanol–water partition coefficient (Wildman–Crippen LogP) is 3.83. The first-order valence-electron chi connectivity index (χ1n) is 12.8. The van der Waals surface area contributed by atoms with Gasteiger partial charge >= 0.3 is 0 Å². The topological polar surface area (TPSA) is 114 Å². The monoisotopic (exact) mass is 441 g/mol. The number of hydrogen-bond donors (Lipinski definition) is 4. The van der Waals surface area contributed by atoms with Crippen molar-refractivity contribution >= 4 is 22.9 Å².